The number of aromatic nitrogens is 4. The molecule has 0 aromatic carbocycles. The van der Waals surface area contributed by atoms with Crippen molar-refractivity contribution in [3.05, 3.63) is 51.1 Å². The summed E-state index contributed by atoms with van der Waals surface area (Å²) in [5.41, 5.74) is 0.172. The Bertz CT molecular complexity index is 805. The average Bonchev–Trinajstić information content (AvgIpc) is 3.10. The Labute approximate surface area is 132 Å². The quantitative estimate of drug-likeness (QED) is 0.839. The minimum Gasteiger partial charge on any atom is -0.340 e. The summed E-state index contributed by atoms with van der Waals surface area (Å²) < 4.78 is 2.26. The van der Waals surface area contributed by atoms with E-state index in [0.29, 0.717) is 13.1 Å². The molecule has 1 aliphatic heterocycles. The second-order valence-electron chi connectivity index (χ2n) is 5.81. The fourth-order valence-electron chi connectivity index (χ4n) is 2.93. The van der Waals surface area contributed by atoms with Gasteiger partial charge in [-0.15, -0.1) is 0 Å². The highest BCUT2D eigenvalue weighted by atomic mass is 16.2. The summed E-state index contributed by atoms with van der Waals surface area (Å²) in [6.45, 7) is 1.24. The molecule has 1 amide bonds. The van der Waals surface area contributed by atoms with E-state index in [9.17, 15) is 14.4 Å². The van der Waals surface area contributed by atoms with Gasteiger partial charge in [-0.05, 0) is 18.9 Å². The van der Waals surface area contributed by atoms with Gasteiger partial charge in [0.25, 0.3) is 5.56 Å². The number of likely N-dealkylation sites (tertiary alicyclic amines) is 1. The molecule has 1 fully saturated rings. The molecule has 0 bridgehead atoms. The third-order valence-electron chi connectivity index (χ3n) is 4.30. The highest BCUT2D eigenvalue weighted by molar-refractivity contribution is 5.76. The number of H-pyrrole nitrogens is 1. The smallest absolute Gasteiger partial charge is 0.331 e. The van der Waals surface area contributed by atoms with Gasteiger partial charge >= 0.3 is 5.69 Å². The van der Waals surface area contributed by atoms with Gasteiger partial charge in [0.15, 0.2) is 0 Å². The number of hydrogen-bond donors (Lipinski definition) is 1. The number of carbonyl (C=O) groups excluding carboxylic acids is 1. The highest BCUT2D eigenvalue weighted by Crippen LogP contribution is 2.25. The number of rotatable bonds is 3. The lowest BCUT2D eigenvalue weighted by molar-refractivity contribution is -0.133. The largest absolute Gasteiger partial charge is 0.340 e. The Morgan fingerprint density at radius 3 is 2.96 bits per heavy atom. The predicted molar refractivity (Wildman–Crippen MR) is 83.1 cm³/mol. The van der Waals surface area contributed by atoms with Gasteiger partial charge in [0.05, 0.1) is 0 Å². The van der Waals surface area contributed by atoms with Crippen LogP contribution in [0.25, 0.3) is 0 Å². The summed E-state index contributed by atoms with van der Waals surface area (Å²) in [6, 6.07) is 3.22. The van der Waals surface area contributed by atoms with Gasteiger partial charge in [0, 0.05) is 50.2 Å². The van der Waals surface area contributed by atoms with Crippen molar-refractivity contribution < 1.29 is 4.79 Å². The summed E-state index contributed by atoms with van der Waals surface area (Å²) >= 11 is 0. The molecule has 2 aromatic heterocycles. The number of hydrogen-bond acceptors (Lipinski definition) is 4. The number of nitrogens with one attached hydrogen (secondary N) is 1. The molecule has 1 aliphatic rings. The Morgan fingerprint density at radius 2 is 2.22 bits per heavy atom. The van der Waals surface area contributed by atoms with Crippen molar-refractivity contribution in [1.82, 2.24) is 24.2 Å². The molecule has 1 N–H and O–H groups in total. The van der Waals surface area contributed by atoms with Gasteiger partial charge in [-0.1, -0.05) is 0 Å². The first-order chi connectivity index (χ1) is 11.1. The van der Waals surface area contributed by atoms with Crippen LogP contribution in [-0.4, -0.2) is 43.2 Å². The van der Waals surface area contributed by atoms with Gasteiger partial charge in [-0.25, -0.2) is 4.79 Å². The number of amides is 1. The van der Waals surface area contributed by atoms with E-state index in [2.05, 4.69) is 10.2 Å². The fourth-order valence-corrected chi connectivity index (χ4v) is 2.93. The zero-order valence-corrected chi connectivity index (χ0v) is 12.9. The van der Waals surface area contributed by atoms with Crippen molar-refractivity contribution in [2.75, 3.05) is 13.1 Å². The normalized spacial score (nSPS) is 18.1. The molecular weight excluding hydrogens is 298 g/mol. The molecule has 0 aliphatic carbocycles. The van der Waals surface area contributed by atoms with Crippen LogP contribution in [-0.2, 0) is 18.4 Å². The maximum absolute atomic E-state index is 12.5. The average molecular weight is 317 g/mol. The Kier molecular flexibility index (Phi) is 4.14. The van der Waals surface area contributed by atoms with Crippen LogP contribution in [0, 0.1) is 0 Å². The predicted octanol–water partition coefficient (Wildman–Crippen LogP) is -0.324. The Hall–Kier alpha value is -2.64. The molecule has 0 spiro atoms. The molecule has 1 saturated heterocycles. The zero-order chi connectivity index (χ0) is 16.4. The second kappa shape index (κ2) is 6.23. The molecule has 3 heterocycles. The third-order valence-corrected chi connectivity index (χ3v) is 4.30. The van der Waals surface area contributed by atoms with Crippen LogP contribution in [0.1, 0.15) is 24.5 Å². The number of piperidine rings is 1. The van der Waals surface area contributed by atoms with Gasteiger partial charge in [-0.3, -0.25) is 23.8 Å². The first-order valence-corrected chi connectivity index (χ1v) is 7.60. The van der Waals surface area contributed by atoms with E-state index in [1.54, 1.807) is 11.1 Å². The van der Waals surface area contributed by atoms with Gasteiger partial charge in [0.1, 0.15) is 6.54 Å². The van der Waals surface area contributed by atoms with E-state index in [0.717, 1.165) is 23.1 Å². The lowest BCUT2D eigenvalue weighted by atomic mass is 9.95. The van der Waals surface area contributed by atoms with Crippen molar-refractivity contribution >= 4 is 5.91 Å². The molecule has 1 atom stereocenters. The van der Waals surface area contributed by atoms with Crippen LogP contribution in [0.15, 0.2) is 34.1 Å². The molecule has 8 nitrogen and oxygen atoms in total. The van der Waals surface area contributed by atoms with Crippen LogP contribution in [0.2, 0.25) is 0 Å². The van der Waals surface area contributed by atoms with Gasteiger partial charge < -0.3 is 4.90 Å². The molecule has 23 heavy (non-hydrogen) atoms. The Morgan fingerprint density at radius 1 is 1.39 bits per heavy atom. The lowest BCUT2D eigenvalue weighted by Crippen LogP contribution is -2.44. The van der Waals surface area contributed by atoms with Crippen molar-refractivity contribution in [3.8, 4) is 0 Å². The summed E-state index contributed by atoms with van der Waals surface area (Å²) in [7, 11) is 1.40. The van der Waals surface area contributed by atoms with Crippen molar-refractivity contribution in [2.24, 2.45) is 7.05 Å². The number of carbonyl (C=O) groups is 1. The standard InChI is InChI=1S/C15H19N5O3/c1-18-13(21)5-8-20(15(18)23)10-14(22)19-7-2-3-11(9-19)12-4-6-16-17-12/h4-6,8,11H,2-3,7,9-10H2,1H3,(H,16,17)/t11-/m1/s1. The van der Waals surface area contributed by atoms with Crippen LogP contribution in [0.4, 0.5) is 0 Å². The summed E-state index contributed by atoms with van der Waals surface area (Å²) in [6.07, 6.45) is 5.00. The van der Waals surface area contributed by atoms with E-state index >= 15 is 0 Å². The Balaban J connectivity index is 1.72. The minimum atomic E-state index is -0.479. The molecule has 2 aromatic rings. The van der Waals surface area contributed by atoms with Crippen LogP contribution in [0.3, 0.4) is 0 Å². The van der Waals surface area contributed by atoms with E-state index in [1.165, 1.54) is 23.9 Å². The van der Waals surface area contributed by atoms with E-state index in [-0.39, 0.29) is 23.9 Å². The first kappa shape index (κ1) is 15.3. The van der Waals surface area contributed by atoms with Crippen LogP contribution >= 0.6 is 0 Å². The van der Waals surface area contributed by atoms with E-state index in [1.807, 2.05) is 6.07 Å². The van der Waals surface area contributed by atoms with Crippen molar-refractivity contribution in [3.63, 3.8) is 0 Å². The van der Waals surface area contributed by atoms with Gasteiger partial charge in [0.2, 0.25) is 5.91 Å². The minimum absolute atomic E-state index is 0.0529. The highest BCUT2D eigenvalue weighted by Gasteiger charge is 2.25. The third kappa shape index (κ3) is 3.10. The monoisotopic (exact) mass is 317 g/mol. The van der Waals surface area contributed by atoms with Crippen molar-refractivity contribution in [1.29, 1.82) is 0 Å². The molecule has 122 valence electrons. The summed E-state index contributed by atoms with van der Waals surface area (Å²) in [5, 5.41) is 6.92. The van der Waals surface area contributed by atoms with Crippen molar-refractivity contribution in [2.45, 2.75) is 25.3 Å². The summed E-state index contributed by atoms with van der Waals surface area (Å²) in [5.74, 6) is 0.127. The fraction of sp³-hybridized carbons (Fsp3) is 0.467. The molecule has 8 heteroatoms. The lowest BCUT2D eigenvalue weighted by Gasteiger charge is -2.32. The molecule has 0 radical (unpaired) electrons. The maximum atomic E-state index is 12.5. The SMILES string of the molecule is Cn1c(=O)ccn(CC(=O)N2CCC[C@@H](c3ccn[nH]3)C2)c1=O. The maximum Gasteiger partial charge on any atom is 0.331 e. The molecular formula is C15H19N5O3. The topological polar surface area (TPSA) is 93.0 Å². The second-order valence-corrected chi connectivity index (χ2v) is 5.81. The first-order valence-electron chi connectivity index (χ1n) is 7.60. The number of aromatic amines is 1. The molecule has 0 saturated carbocycles. The van der Waals surface area contributed by atoms with E-state index < -0.39 is 5.69 Å². The van der Waals surface area contributed by atoms with Crippen LogP contribution in [0.5, 0.6) is 0 Å². The molecule has 0 unspecified atom stereocenters. The van der Waals surface area contributed by atoms with E-state index in [4.69, 9.17) is 0 Å². The number of nitrogens with zero attached hydrogens (tertiary/aromatic N) is 4. The molecule has 3 rings (SSSR count). The van der Waals surface area contributed by atoms with Crippen LogP contribution < -0.4 is 11.2 Å². The van der Waals surface area contributed by atoms with Gasteiger partial charge in [-0.2, -0.15) is 5.10 Å². The summed E-state index contributed by atoms with van der Waals surface area (Å²) in [4.78, 5) is 37.7. The zero-order valence-electron chi connectivity index (χ0n) is 12.9.